The van der Waals surface area contributed by atoms with Gasteiger partial charge in [-0.1, -0.05) is 0 Å². The molecule has 0 bridgehead atoms. The molecule has 0 amide bonds. The SMILES string of the molecule is COc1ccc(Nc2cc(C)nc(NCCOC(C)=O)n2)cc1. The van der Waals surface area contributed by atoms with Crippen molar-refractivity contribution < 1.29 is 14.3 Å². The van der Waals surface area contributed by atoms with Gasteiger partial charge < -0.3 is 20.1 Å². The molecule has 23 heavy (non-hydrogen) atoms. The van der Waals surface area contributed by atoms with E-state index in [2.05, 4.69) is 20.6 Å². The lowest BCUT2D eigenvalue weighted by molar-refractivity contribution is -0.140. The summed E-state index contributed by atoms with van der Waals surface area (Å²) in [6, 6.07) is 9.40. The van der Waals surface area contributed by atoms with E-state index >= 15 is 0 Å². The normalized spacial score (nSPS) is 10.0. The number of nitrogens with zero attached hydrogens (tertiary/aromatic N) is 2. The predicted molar refractivity (Wildman–Crippen MR) is 88.2 cm³/mol. The highest BCUT2D eigenvalue weighted by Gasteiger charge is 2.03. The number of hydrogen-bond donors (Lipinski definition) is 2. The Bertz CT molecular complexity index is 659. The summed E-state index contributed by atoms with van der Waals surface area (Å²) in [5.74, 6) is 1.65. The Hall–Kier alpha value is -2.83. The lowest BCUT2D eigenvalue weighted by Crippen LogP contribution is -2.14. The van der Waals surface area contributed by atoms with Crippen molar-refractivity contribution in [1.82, 2.24) is 9.97 Å². The van der Waals surface area contributed by atoms with Crippen LogP contribution in [0.15, 0.2) is 30.3 Å². The number of hydrogen-bond acceptors (Lipinski definition) is 7. The first-order valence-electron chi connectivity index (χ1n) is 7.21. The quantitative estimate of drug-likeness (QED) is 0.599. The number of nitrogens with one attached hydrogen (secondary N) is 2. The molecule has 0 radical (unpaired) electrons. The highest BCUT2D eigenvalue weighted by molar-refractivity contribution is 5.65. The first kappa shape index (κ1) is 16.5. The van der Waals surface area contributed by atoms with Gasteiger partial charge in [-0.2, -0.15) is 4.98 Å². The molecule has 1 heterocycles. The number of anilines is 3. The van der Waals surface area contributed by atoms with Crippen LogP contribution in [0.1, 0.15) is 12.6 Å². The van der Waals surface area contributed by atoms with Crippen LogP contribution >= 0.6 is 0 Å². The van der Waals surface area contributed by atoms with E-state index < -0.39 is 0 Å². The van der Waals surface area contributed by atoms with E-state index in [9.17, 15) is 4.79 Å². The second kappa shape index (κ2) is 7.98. The number of esters is 1. The van der Waals surface area contributed by atoms with E-state index in [-0.39, 0.29) is 12.6 Å². The van der Waals surface area contributed by atoms with Crippen LogP contribution in [0.25, 0.3) is 0 Å². The minimum absolute atomic E-state index is 0.272. The maximum absolute atomic E-state index is 10.7. The Morgan fingerprint density at radius 1 is 1.22 bits per heavy atom. The maximum Gasteiger partial charge on any atom is 0.302 e. The molecule has 2 rings (SSSR count). The summed E-state index contributed by atoms with van der Waals surface area (Å²) in [4.78, 5) is 19.4. The Morgan fingerprint density at radius 3 is 2.61 bits per heavy atom. The van der Waals surface area contributed by atoms with Gasteiger partial charge in [-0.25, -0.2) is 4.98 Å². The summed E-state index contributed by atoms with van der Waals surface area (Å²) >= 11 is 0. The highest BCUT2D eigenvalue weighted by Crippen LogP contribution is 2.19. The van der Waals surface area contributed by atoms with E-state index in [1.807, 2.05) is 37.3 Å². The van der Waals surface area contributed by atoms with Gasteiger partial charge in [0.1, 0.15) is 18.2 Å². The molecule has 7 heteroatoms. The number of carbonyl (C=O) groups excluding carboxylic acids is 1. The molecule has 122 valence electrons. The van der Waals surface area contributed by atoms with E-state index in [1.54, 1.807) is 7.11 Å². The number of aryl methyl sites for hydroxylation is 1. The largest absolute Gasteiger partial charge is 0.497 e. The summed E-state index contributed by atoms with van der Waals surface area (Å²) < 4.78 is 9.99. The molecule has 0 unspecified atom stereocenters. The van der Waals surface area contributed by atoms with Crippen molar-refractivity contribution in [3.05, 3.63) is 36.0 Å². The smallest absolute Gasteiger partial charge is 0.302 e. The highest BCUT2D eigenvalue weighted by atomic mass is 16.5. The molecule has 1 aromatic heterocycles. The van der Waals surface area contributed by atoms with Gasteiger partial charge in [0.2, 0.25) is 5.95 Å². The fraction of sp³-hybridized carbons (Fsp3) is 0.312. The number of ether oxygens (including phenoxy) is 2. The van der Waals surface area contributed by atoms with Crippen LogP contribution in [0.4, 0.5) is 17.5 Å². The third-order valence-corrected chi connectivity index (χ3v) is 2.91. The monoisotopic (exact) mass is 316 g/mol. The zero-order valence-electron chi connectivity index (χ0n) is 13.4. The fourth-order valence-electron chi connectivity index (χ4n) is 1.89. The van der Waals surface area contributed by atoms with Gasteiger partial charge in [0, 0.05) is 24.4 Å². The minimum Gasteiger partial charge on any atom is -0.497 e. The zero-order chi connectivity index (χ0) is 16.7. The number of benzene rings is 1. The van der Waals surface area contributed by atoms with Crippen molar-refractivity contribution in [2.75, 3.05) is 30.9 Å². The average molecular weight is 316 g/mol. The van der Waals surface area contributed by atoms with Crippen molar-refractivity contribution in [2.45, 2.75) is 13.8 Å². The number of carbonyl (C=O) groups is 1. The predicted octanol–water partition coefficient (Wildman–Crippen LogP) is 2.51. The van der Waals surface area contributed by atoms with Crippen LogP contribution < -0.4 is 15.4 Å². The molecule has 0 atom stereocenters. The Labute approximate surface area is 135 Å². The first-order chi connectivity index (χ1) is 11.1. The molecule has 2 N–H and O–H groups in total. The van der Waals surface area contributed by atoms with Crippen molar-refractivity contribution in [2.24, 2.45) is 0 Å². The topological polar surface area (TPSA) is 85.4 Å². The van der Waals surface area contributed by atoms with Crippen molar-refractivity contribution in [1.29, 1.82) is 0 Å². The van der Waals surface area contributed by atoms with Crippen LogP contribution in [0, 0.1) is 6.92 Å². The summed E-state index contributed by atoms with van der Waals surface area (Å²) in [5, 5.41) is 6.24. The lowest BCUT2D eigenvalue weighted by atomic mass is 10.3. The molecule has 0 spiro atoms. The molecule has 7 nitrogen and oxygen atoms in total. The molecule has 0 saturated heterocycles. The van der Waals surface area contributed by atoms with E-state index in [1.165, 1.54) is 6.92 Å². The van der Waals surface area contributed by atoms with Crippen LogP contribution in [0.3, 0.4) is 0 Å². The molecular weight excluding hydrogens is 296 g/mol. The maximum atomic E-state index is 10.7. The molecule has 0 aliphatic heterocycles. The molecule has 0 aliphatic rings. The summed E-state index contributed by atoms with van der Waals surface area (Å²) in [6.45, 7) is 3.98. The average Bonchev–Trinajstić information content (AvgIpc) is 2.52. The second-order valence-electron chi connectivity index (χ2n) is 4.84. The van der Waals surface area contributed by atoms with Crippen LogP contribution in [-0.2, 0) is 9.53 Å². The summed E-state index contributed by atoms with van der Waals surface area (Å²) in [7, 11) is 1.63. The minimum atomic E-state index is -0.307. The number of rotatable bonds is 7. The van der Waals surface area contributed by atoms with Gasteiger partial charge in [0.25, 0.3) is 0 Å². The van der Waals surface area contributed by atoms with Gasteiger partial charge in [0.15, 0.2) is 0 Å². The van der Waals surface area contributed by atoms with E-state index in [0.29, 0.717) is 18.3 Å². The fourth-order valence-corrected chi connectivity index (χ4v) is 1.89. The molecule has 0 fully saturated rings. The number of aromatic nitrogens is 2. The van der Waals surface area contributed by atoms with Crippen molar-refractivity contribution in [3.63, 3.8) is 0 Å². The van der Waals surface area contributed by atoms with Crippen LogP contribution in [0.2, 0.25) is 0 Å². The van der Waals surface area contributed by atoms with Gasteiger partial charge in [-0.3, -0.25) is 4.79 Å². The third-order valence-electron chi connectivity index (χ3n) is 2.91. The van der Waals surface area contributed by atoms with E-state index in [0.717, 1.165) is 17.1 Å². The second-order valence-corrected chi connectivity index (χ2v) is 4.84. The zero-order valence-corrected chi connectivity index (χ0v) is 13.4. The Morgan fingerprint density at radius 2 is 1.96 bits per heavy atom. The third kappa shape index (κ3) is 5.46. The molecule has 0 saturated carbocycles. The van der Waals surface area contributed by atoms with Crippen LogP contribution in [0.5, 0.6) is 5.75 Å². The molecular formula is C16H20N4O3. The molecule has 1 aromatic carbocycles. The molecule has 0 aliphatic carbocycles. The van der Waals surface area contributed by atoms with E-state index in [4.69, 9.17) is 9.47 Å². The summed E-state index contributed by atoms with van der Waals surface area (Å²) in [6.07, 6.45) is 0. The van der Waals surface area contributed by atoms with Crippen molar-refractivity contribution >= 4 is 23.4 Å². The Kier molecular flexibility index (Phi) is 5.74. The van der Waals surface area contributed by atoms with Gasteiger partial charge in [-0.05, 0) is 31.2 Å². The first-order valence-corrected chi connectivity index (χ1v) is 7.21. The van der Waals surface area contributed by atoms with Gasteiger partial charge in [0.05, 0.1) is 13.7 Å². The summed E-state index contributed by atoms with van der Waals surface area (Å²) in [5.41, 5.74) is 1.72. The van der Waals surface area contributed by atoms with Crippen molar-refractivity contribution in [3.8, 4) is 5.75 Å². The van der Waals surface area contributed by atoms with Crippen LogP contribution in [-0.4, -0.2) is 36.2 Å². The molecule has 2 aromatic rings. The van der Waals surface area contributed by atoms with Gasteiger partial charge >= 0.3 is 5.97 Å². The standard InChI is InChI=1S/C16H20N4O3/c1-11-10-15(19-13-4-6-14(22-3)7-5-13)20-16(18-11)17-8-9-23-12(2)21/h4-7,10H,8-9H2,1-3H3,(H2,17,18,19,20). The lowest BCUT2D eigenvalue weighted by Gasteiger charge is -2.10. The Balaban J connectivity index is 1.99. The van der Waals surface area contributed by atoms with Gasteiger partial charge in [-0.15, -0.1) is 0 Å². The number of methoxy groups -OCH3 is 1.